The molecule has 3 heteroatoms. The van der Waals surface area contributed by atoms with Crippen LogP contribution in [0, 0.1) is 6.92 Å². The molecule has 25 heavy (non-hydrogen) atoms. The molecule has 0 radical (unpaired) electrons. The molecule has 2 aromatic carbocycles. The number of amides is 1. The van der Waals surface area contributed by atoms with Crippen LogP contribution in [0.15, 0.2) is 48.5 Å². The first-order valence-corrected chi connectivity index (χ1v) is 9.27. The number of rotatable bonds is 5. The van der Waals surface area contributed by atoms with Crippen LogP contribution in [0.1, 0.15) is 61.1 Å². The van der Waals surface area contributed by atoms with Crippen molar-refractivity contribution in [2.75, 3.05) is 0 Å². The number of carbonyl (C=O) groups is 1. The number of hydrogen-bond acceptors (Lipinski definition) is 2. The lowest BCUT2D eigenvalue weighted by molar-refractivity contribution is -0.122. The molecule has 1 aliphatic rings. The predicted octanol–water partition coefficient (Wildman–Crippen LogP) is 4.67. The first-order valence-electron chi connectivity index (χ1n) is 9.27. The molecule has 1 fully saturated rings. The summed E-state index contributed by atoms with van der Waals surface area (Å²) in [4.78, 5) is 12.7. The quantitative estimate of drug-likeness (QED) is 0.833. The number of phenolic OH excluding ortho intramolecular Hbond substituents is 1. The smallest absolute Gasteiger partial charge is 0.221 e. The topological polar surface area (TPSA) is 49.3 Å². The molecule has 0 spiro atoms. The van der Waals surface area contributed by atoms with E-state index in [0.29, 0.717) is 12.5 Å². The van der Waals surface area contributed by atoms with Crippen molar-refractivity contribution in [3.8, 4) is 5.75 Å². The maximum absolute atomic E-state index is 12.7. The molecule has 0 aromatic heterocycles. The number of benzene rings is 2. The second-order valence-corrected chi connectivity index (χ2v) is 7.13. The van der Waals surface area contributed by atoms with Crippen LogP contribution in [0.4, 0.5) is 0 Å². The fourth-order valence-electron chi connectivity index (χ4n) is 3.76. The van der Waals surface area contributed by atoms with E-state index in [1.165, 1.54) is 19.3 Å². The third-order valence-electron chi connectivity index (χ3n) is 5.12. The highest BCUT2D eigenvalue weighted by Crippen LogP contribution is 2.34. The minimum Gasteiger partial charge on any atom is -0.508 e. The summed E-state index contributed by atoms with van der Waals surface area (Å²) in [7, 11) is 0. The minimum atomic E-state index is -0.134. The summed E-state index contributed by atoms with van der Waals surface area (Å²) in [6, 6.07) is 16.0. The van der Waals surface area contributed by atoms with E-state index in [0.717, 1.165) is 29.5 Å². The largest absolute Gasteiger partial charge is 0.508 e. The van der Waals surface area contributed by atoms with Gasteiger partial charge < -0.3 is 10.4 Å². The maximum Gasteiger partial charge on any atom is 0.221 e. The predicted molar refractivity (Wildman–Crippen MR) is 101 cm³/mol. The molecule has 132 valence electrons. The standard InChI is InChI=1S/C22H27NO2/c1-16-12-13-19(21(24)14-16)20(17-8-4-2-5-9-17)15-22(25)23-18-10-6-3-7-11-18/h2,4-5,8-9,12-14,18,20,24H,3,6-7,10-11,15H2,1H3,(H,23,25)/t20-/m0/s1. The number of hydrogen-bond donors (Lipinski definition) is 2. The van der Waals surface area contributed by atoms with E-state index in [1.54, 1.807) is 6.07 Å². The van der Waals surface area contributed by atoms with Crippen molar-refractivity contribution >= 4 is 5.91 Å². The number of phenols is 1. The van der Waals surface area contributed by atoms with E-state index in [1.807, 2.05) is 49.4 Å². The van der Waals surface area contributed by atoms with Gasteiger partial charge in [0.15, 0.2) is 0 Å². The second-order valence-electron chi connectivity index (χ2n) is 7.13. The zero-order valence-corrected chi connectivity index (χ0v) is 14.9. The van der Waals surface area contributed by atoms with Crippen LogP contribution in [-0.2, 0) is 4.79 Å². The van der Waals surface area contributed by atoms with Gasteiger partial charge in [-0.05, 0) is 37.0 Å². The second kappa shape index (κ2) is 8.19. The highest BCUT2D eigenvalue weighted by Gasteiger charge is 2.23. The van der Waals surface area contributed by atoms with Gasteiger partial charge in [0.2, 0.25) is 5.91 Å². The SMILES string of the molecule is Cc1ccc([C@@H](CC(=O)NC2CCCCC2)c2ccccc2)c(O)c1. The summed E-state index contributed by atoms with van der Waals surface area (Å²) in [5.41, 5.74) is 2.88. The Bertz CT molecular complexity index is 705. The molecule has 1 saturated carbocycles. The Hall–Kier alpha value is -2.29. The lowest BCUT2D eigenvalue weighted by Gasteiger charge is -2.25. The molecule has 0 heterocycles. The molecule has 1 aliphatic carbocycles. The van der Waals surface area contributed by atoms with Gasteiger partial charge in [-0.25, -0.2) is 0 Å². The molecule has 2 aromatic rings. The third kappa shape index (κ3) is 4.62. The van der Waals surface area contributed by atoms with Gasteiger partial charge >= 0.3 is 0 Å². The summed E-state index contributed by atoms with van der Waals surface area (Å²) in [5.74, 6) is 0.199. The van der Waals surface area contributed by atoms with Crippen LogP contribution in [0.2, 0.25) is 0 Å². The Morgan fingerprint density at radius 2 is 1.84 bits per heavy atom. The van der Waals surface area contributed by atoms with E-state index in [2.05, 4.69) is 5.32 Å². The first kappa shape index (κ1) is 17.5. The lowest BCUT2D eigenvalue weighted by atomic mass is 9.87. The van der Waals surface area contributed by atoms with Gasteiger partial charge in [0, 0.05) is 23.9 Å². The molecule has 0 aliphatic heterocycles. The Morgan fingerprint density at radius 3 is 2.52 bits per heavy atom. The molecule has 1 atom stereocenters. The van der Waals surface area contributed by atoms with Crippen LogP contribution in [0.3, 0.4) is 0 Å². The van der Waals surface area contributed by atoms with Crippen LogP contribution < -0.4 is 5.32 Å². The Labute approximate surface area is 150 Å². The van der Waals surface area contributed by atoms with Crippen molar-refractivity contribution in [3.05, 3.63) is 65.2 Å². The molecule has 2 N–H and O–H groups in total. The fourth-order valence-corrected chi connectivity index (χ4v) is 3.76. The average molecular weight is 337 g/mol. The van der Waals surface area contributed by atoms with Gasteiger partial charge in [-0.1, -0.05) is 61.7 Å². The molecule has 1 amide bonds. The van der Waals surface area contributed by atoms with Gasteiger partial charge in [0.1, 0.15) is 5.75 Å². The van der Waals surface area contributed by atoms with Crippen LogP contribution in [-0.4, -0.2) is 17.1 Å². The van der Waals surface area contributed by atoms with Gasteiger partial charge in [0.05, 0.1) is 0 Å². The van der Waals surface area contributed by atoms with E-state index in [-0.39, 0.29) is 17.6 Å². The number of nitrogens with one attached hydrogen (secondary N) is 1. The monoisotopic (exact) mass is 337 g/mol. The molecular formula is C22H27NO2. The summed E-state index contributed by atoms with van der Waals surface area (Å²) in [5, 5.41) is 13.6. The molecule has 3 nitrogen and oxygen atoms in total. The summed E-state index contributed by atoms with van der Waals surface area (Å²) >= 11 is 0. The van der Waals surface area contributed by atoms with Crippen LogP contribution >= 0.6 is 0 Å². The highest BCUT2D eigenvalue weighted by molar-refractivity contribution is 5.78. The van der Waals surface area contributed by atoms with Crippen molar-refractivity contribution in [2.45, 2.75) is 57.4 Å². The van der Waals surface area contributed by atoms with Crippen LogP contribution in [0.25, 0.3) is 0 Å². The molecule has 0 unspecified atom stereocenters. The van der Waals surface area contributed by atoms with Gasteiger partial charge in [-0.2, -0.15) is 0 Å². The third-order valence-corrected chi connectivity index (χ3v) is 5.12. The molecule has 0 saturated heterocycles. The summed E-state index contributed by atoms with van der Waals surface area (Å²) < 4.78 is 0. The van der Waals surface area contributed by atoms with Crippen molar-refractivity contribution in [2.24, 2.45) is 0 Å². The lowest BCUT2D eigenvalue weighted by Crippen LogP contribution is -2.36. The molecular weight excluding hydrogens is 310 g/mol. The van der Waals surface area contributed by atoms with Gasteiger partial charge in [-0.15, -0.1) is 0 Å². The van der Waals surface area contributed by atoms with Crippen LogP contribution in [0.5, 0.6) is 5.75 Å². The number of carbonyl (C=O) groups excluding carboxylic acids is 1. The average Bonchev–Trinajstić information content (AvgIpc) is 2.62. The van der Waals surface area contributed by atoms with E-state index in [4.69, 9.17) is 0 Å². The maximum atomic E-state index is 12.7. The highest BCUT2D eigenvalue weighted by atomic mass is 16.3. The van der Waals surface area contributed by atoms with Gasteiger partial charge in [0.25, 0.3) is 0 Å². The summed E-state index contributed by atoms with van der Waals surface area (Å²) in [6.07, 6.45) is 6.19. The molecule has 0 bridgehead atoms. The normalized spacial score (nSPS) is 16.4. The van der Waals surface area contributed by atoms with E-state index >= 15 is 0 Å². The minimum absolute atomic E-state index is 0.0701. The van der Waals surface area contributed by atoms with Gasteiger partial charge in [-0.3, -0.25) is 4.79 Å². The molecule has 3 rings (SSSR count). The first-order chi connectivity index (χ1) is 12.1. The zero-order chi connectivity index (χ0) is 17.6. The zero-order valence-electron chi connectivity index (χ0n) is 14.9. The van der Waals surface area contributed by atoms with E-state index in [9.17, 15) is 9.90 Å². The Morgan fingerprint density at radius 1 is 1.12 bits per heavy atom. The fraction of sp³-hybridized carbons (Fsp3) is 0.409. The number of aryl methyl sites for hydroxylation is 1. The van der Waals surface area contributed by atoms with Crippen molar-refractivity contribution in [1.82, 2.24) is 5.32 Å². The van der Waals surface area contributed by atoms with Crippen molar-refractivity contribution in [1.29, 1.82) is 0 Å². The summed E-state index contributed by atoms with van der Waals surface area (Å²) in [6.45, 7) is 1.96. The van der Waals surface area contributed by atoms with Crippen molar-refractivity contribution in [3.63, 3.8) is 0 Å². The van der Waals surface area contributed by atoms with E-state index < -0.39 is 0 Å². The van der Waals surface area contributed by atoms with Crippen molar-refractivity contribution < 1.29 is 9.90 Å². The number of aromatic hydroxyl groups is 1. The Kier molecular flexibility index (Phi) is 5.75. The Balaban J connectivity index is 1.80.